The first-order valence-corrected chi connectivity index (χ1v) is 8.56. The SMILES string of the molecule is NC(=O)CNC(=O)[C@@H]1CCCN(S(=O)(=O)c2ccc(F)cc2)C1. The number of piperidine rings is 1. The largest absolute Gasteiger partial charge is 0.368 e. The summed E-state index contributed by atoms with van der Waals surface area (Å²) in [6.07, 6.45) is 1.05. The zero-order chi connectivity index (χ0) is 17.0. The number of rotatable bonds is 5. The molecular weight excluding hydrogens is 325 g/mol. The zero-order valence-corrected chi connectivity index (χ0v) is 13.2. The molecule has 1 aliphatic rings. The van der Waals surface area contributed by atoms with Gasteiger partial charge in [0, 0.05) is 13.1 Å². The van der Waals surface area contributed by atoms with E-state index >= 15 is 0 Å². The lowest BCUT2D eigenvalue weighted by Crippen LogP contribution is -2.46. The van der Waals surface area contributed by atoms with Gasteiger partial charge in [-0.15, -0.1) is 0 Å². The fraction of sp³-hybridized carbons (Fsp3) is 0.429. The van der Waals surface area contributed by atoms with Crippen LogP contribution in [0.5, 0.6) is 0 Å². The first kappa shape index (κ1) is 17.4. The van der Waals surface area contributed by atoms with Gasteiger partial charge in [0.05, 0.1) is 17.4 Å². The maximum absolute atomic E-state index is 12.9. The number of hydrogen-bond donors (Lipinski definition) is 2. The minimum absolute atomic E-state index is 0.0166. The summed E-state index contributed by atoms with van der Waals surface area (Å²) in [6.45, 7) is 0.0314. The molecule has 0 aromatic heterocycles. The Labute approximate surface area is 133 Å². The molecule has 0 saturated carbocycles. The van der Waals surface area contributed by atoms with Crippen LogP contribution in [0.15, 0.2) is 29.2 Å². The van der Waals surface area contributed by atoms with E-state index in [-0.39, 0.29) is 18.0 Å². The van der Waals surface area contributed by atoms with Crippen LogP contribution in [0.2, 0.25) is 0 Å². The quantitative estimate of drug-likeness (QED) is 0.773. The Morgan fingerprint density at radius 2 is 1.96 bits per heavy atom. The molecule has 0 spiro atoms. The summed E-state index contributed by atoms with van der Waals surface area (Å²) in [5.74, 6) is -2.13. The maximum atomic E-state index is 12.9. The van der Waals surface area contributed by atoms with Crippen LogP contribution in [-0.4, -0.2) is 44.2 Å². The normalized spacial score (nSPS) is 19.3. The van der Waals surface area contributed by atoms with E-state index in [4.69, 9.17) is 5.73 Å². The molecule has 0 bridgehead atoms. The maximum Gasteiger partial charge on any atom is 0.243 e. The van der Waals surface area contributed by atoms with Gasteiger partial charge < -0.3 is 11.1 Å². The Morgan fingerprint density at radius 3 is 2.57 bits per heavy atom. The predicted octanol–water partition coefficient (Wildman–Crippen LogP) is -0.172. The number of carbonyl (C=O) groups is 2. The van der Waals surface area contributed by atoms with Crippen molar-refractivity contribution in [1.29, 1.82) is 0 Å². The molecule has 2 amide bonds. The molecule has 1 aromatic rings. The van der Waals surface area contributed by atoms with Crippen molar-refractivity contribution in [3.8, 4) is 0 Å². The van der Waals surface area contributed by atoms with Crippen LogP contribution >= 0.6 is 0 Å². The molecule has 0 radical (unpaired) electrons. The fourth-order valence-electron chi connectivity index (χ4n) is 2.45. The minimum atomic E-state index is -3.78. The van der Waals surface area contributed by atoms with Crippen LogP contribution < -0.4 is 11.1 Å². The molecule has 1 fully saturated rings. The third-order valence-electron chi connectivity index (χ3n) is 3.64. The van der Waals surface area contributed by atoms with E-state index in [1.54, 1.807) is 0 Å². The summed E-state index contributed by atoms with van der Waals surface area (Å²) >= 11 is 0. The number of halogens is 1. The molecule has 23 heavy (non-hydrogen) atoms. The van der Waals surface area contributed by atoms with Crippen molar-refractivity contribution in [2.45, 2.75) is 17.7 Å². The third-order valence-corrected chi connectivity index (χ3v) is 5.52. The van der Waals surface area contributed by atoms with Gasteiger partial charge in [-0.2, -0.15) is 4.31 Å². The molecule has 2 rings (SSSR count). The number of sulfonamides is 1. The Morgan fingerprint density at radius 1 is 1.30 bits per heavy atom. The number of benzene rings is 1. The van der Waals surface area contributed by atoms with E-state index in [2.05, 4.69) is 5.32 Å². The summed E-state index contributed by atoms with van der Waals surface area (Å²) in [5.41, 5.74) is 4.96. The van der Waals surface area contributed by atoms with Crippen molar-refractivity contribution in [1.82, 2.24) is 9.62 Å². The van der Waals surface area contributed by atoms with Crippen molar-refractivity contribution in [3.63, 3.8) is 0 Å². The van der Waals surface area contributed by atoms with E-state index in [9.17, 15) is 22.4 Å². The minimum Gasteiger partial charge on any atom is -0.368 e. The molecule has 1 saturated heterocycles. The van der Waals surface area contributed by atoms with E-state index in [1.165, 1.54) is 16.4 Å². The Bertz CT molecular complexity index is 690. The van der Waals surface area contributed by atoms with Crippen LogP contribution in [0.4, 0.5) is 4.39 Å². The second kappa shape index (κ2) is 7.05. The van der Waals surface area contributed by atoms with Crippen LogP contribution in [0.1, 0.15) is 12.8 Å². The molecular formula is C14H18FN3O4S. The van der Waals surface area contributed by atoms with Crippen LogP contribution in [-0.2, 0) is 19.6 Å². The lowest BCUT2D eigenvalue weighted by atomic mass is 9.99. The lowest BCUT2D eigenvalue weighted by Gasteiger charge is -2.31. The van der Waals surface area contributed by atoms with Gasteiger partial charge in [-0.05, 0) is 37.1 Å². The first-order valence-electron chi connectivity index (χ1n) is 7.12. The predicted molar refractivity (Wildman–Crippen MR) is 80.1 cm³/mol. The average molecular weight is 343 g/mol. The second-order valence-electron chi connectivity index (χ2n) is 5.34. The molecule has 1 atom stereocenters. The number of amides is 2. The zero-order valence-electron chi connectivity index (χ0n) is 12.4. The summed E-state index contributed by atoms with van der Waals surface area (Å²) in [5, 5.41) is 2.39. The highest BCUT2D eigenvalue weighted by Gasteiger charge is 2.33. The molecule has 1 aliphatic heterocycles. The van der Waals surface area contributed by atoms with Crippen molar-refractivity contribution in [3.05, 3.63) is 30.1 Å². The molecule has 3 N–H and O–H groups in total. The van der Waals surface area contributed by atoms with Crippen LogP contribution in [0.3, 0.4) is 0 Å². The molecule has 1 aromatic carbocycles. The third kappa shape index (κ3) is 4.26. The van der Waals surface area contributed by atoms with E-state index in [1.807, 2.05) is 0 Å². The summed E-state index contributed by atoms with van der Waals surface area (Å²) in [6, 6.07) is 4.55. The number of nitrogens with two attached hydrogens (primary N) is 1. The number of hydrogen-bond acceptors (Lipinski definition) is 4. The molecule has 9 heteroatoms. The Hall–Kier alpha value is -2.00. The van der Waals surface area contributed by atoms with E-state index in [0.717, 1.165) is 12.1 Å². The van der Waals surface area contributed by atoms with Crippen molar-refractivity contribution >= 4 is 21.8 Å². The fourth-order valence-corrected chi connectivity index (χ4v) is 3.97. The molecule has 0 aliphatic carbocycles. The van der Waals surface area contributed by atoms with Gasteiger partial charge in [0.2, 0.25) is 21.8 Å². The number of primary amides is 1. The van der Waals surface area contributed by atoms with Gasteiger partial charge in [0.25, 0.3) is 0 Å². The van der Waals surface area contributed by atoms with E-state index in [0.29, 0.717) is 19.4 Å². The van der Waals surface area contributed by atoms with Gasteiger partial charge in [0.1, 0.15) is 5.82 Å². The average Bonchev–Trinajstić information content (AvgIpc) is 2.53. The van der Waals surface area contributed by atoms with Crippen molar-refractivity contribution in [2.75, 3.05) is 19.6 Å². The Balaban J connectivity index is 2.09. The monoisotopic (exact) mass is 343 g/mol. The van der Waals surface area contributed by atoms with Gasteiger partial charge in [-0.3, -0.25) is 9.59 Å². The standard InChI is InChI=1S/C14H18FN3O4S/c15-11-3-5-12(6-4-11)23(21,22)18-7-1-2-10(9-18)14(20)17-8-13(16)19/h3-6,10H,1-2,7-9H2,(H2,16,19)(H,17,20)/t10-/m1/s1. The number of carbonyl (C=O) groups excluding carboxylic acids is 2. The van der Waals surface area contributed by atoms with Gasteiger partial charge in [-0.25, -0.2) is 12.8 Å². The molecule has 1 heterocycles. The Kier molecular flexibility index (Phi) is 5.32. The second-order valence-corrected chi connectivity index (χ2v) is 7.28. The summed E-state index contributed by atoms with van der Waals surface area (Å²) < 4.78 is 39.2. The van der Waals surface area contributed by atoms with E-state index < -0.39 is 33.6 Å². The summed E-state index contributed by atoms with van der Waals surface area (Å²) in [7, 11) is -3.78. The molecule has 0 unspecified atom stereocenters. The molecule has 126 valence electrons. The smallest absolute Gasteiger partial charge is 0.243 e. The number of nitrogens with zero attached hydrogens (tertiary/aromatic N) is 1. The van der Waals surface area contributed by atoms with Crippen LogP contribution in [0.25, 0.3) is 0 Å². The van der Waals surface area contributed by atoms with Gasteiger partial charge in [0.15, 0.2) is 0 Å². The van der Waals surface area contributed by atoms with Crippen molar-refractivity contribution < 1.29 is 22.4 Å². The summed E-state index contributed by atoms with van der Waals surface area (Å²) in [4.78, 5) is 22.6. The van der Waals surface area contributed by atoms with Gasteiger partial charge in [-0.1, -0.05) is 0 Å². The topological polar surface area (TPSA) is 110 Å². The first-order chi connectivity index (χ1) is 10.8. The molecule has 7 nitrogen and oxygen atoms in total. The van der Waals surface area contributed by atoms with Crippen LogP contribution in [0, 0.1) is 11.7 Å². The van der Waals surface area contributed by atoms with Crippen molar-refractivity contribution in [2.24, 2.45) is 11.7 Å². The highest BCUT2D eigenvalue weighted by atomic mass is 32.2. The highest BCUT2D eigenvalue weighted by molar-refractivity contribution is 7.89. The number of nitrogens with one attached hydrogen (secondary N) is 1. The highest BCUT2D eigenvalue weighted by Crippen LogP contribution is 2.24. The van der Waals surface area contributed by atoms with Gasteiger partial charge >= 0.3 is 0 Å². The lowest BCUT2D eigenvalue weighted by molar-refractivity contribution is -0.128.